The Morgan fingerprint density at radius 1 is 1.65 bits per heavy atom. The molecule has 0 saturated carbocycles. The predicted octanol–water partition coefficient (Wildman–Crippen LogP) is 2.21. The second kappa shape index (κ2) is 5.15. The van der Waals surface area contributed by atoms with Gasteiger partial charge in [-0.1, -0.05) is 11.6 Å². The third-order valence-corrected chi connectivity index (χ3v) is 3.04. The van der Waals surface area contributed by atoms with Crippen LogP contribution in [0.4, 0.5) is 5.69 Å². The van der Waals surface area contributed by atoms with E-state index >= 15 is 0 Å². The summed E-state index contributed by atoms with van der Waals surface area (Å²) in [5, 5.41) is 20.1. The van der Waals surface area contributed by atoms with Crippen LogP contribution in [0, 0.1) is 10.1 Å². The molecule has 6 nitrogen and oxygen atoms in total. The van der Waals surface area contributed by atoms with E-state index in [-0.39, 0.29) is 15.1 Å². The number of aromatic hydroxyl groups is 1. The van der Waals surface area contributed by atoms with Gasteiger partial charge < -0.3 is 10.8 Å². The number of hydrogen-bond donors (Lipinski definition) is 2. The number of halogens is 2. The summed E-state index contributed by atoms with van der Waals surface area (Å²) >= 11 is 8.67. The number of nitrogens with two attached hydrogens (primary N) is 1. The fourth-order valence-electron chi connectivity index (χ4n) is 1.09. The highest BCUT2D eigenvalue weighted by Gasteiger charge is 2.23. The smallest absolute Gasteiger partial charge is 0.330 e. The van der Waals surface area contributed by atoms with E-state index < -0.39 is 22.3 Å². The van der Waals surface area contributed by atoms with Crippen LogP contribution in [0.1, 0.15) is 5.56 Å². The molecule has 0 aliphatic carbocycles. The van der Waals surface area contributed by atoms with E-state index in [4.69, 9.17) is 17.3 Å². The van der Waals surface area contributed by atoms with Crippen LogP contribution in [0.25, 0.3) is 6.08 Å². The van der Waals surface area contributed by atoms with Crippen molar-refractivity contribution in [1.29, 1.82) is 0 Å². The maximum atomic E-state index is 10.7. The van der Waals surface area contributed by atoms with Crippen LogP contribution in [-0.4, -0.2) is 15.9 Å². The van der Waals surface area contributed by atoms with Crippen molar-refractivity contribution in [2.75, 3.05) is 0 Å². The molecule has 0 fully saturated rings. The molecule has 1 rings (SSSR count). The van der Waals surface area contributed by atoms with Gasteiger partial charge in [0.05, 0.1) is 4.92 Å². The Bertz CT molecular complexity index is 530. The minimum absolute atomic E-state index is 0.0618. The Kier molecular flexibility index (Phi) is 4.08. The number of phenolic OH excluding ortho intramolecular Hbond substituents is 1. The van der Waals surface area contributed by atoms with E-state index in [1.54, 1.807) is 0 Å². The largest absolute Gasteiger partial charge is 0.502 e. The third-order valence-electron chi connectivity index (χ3n) is 1.81. The SMILES string of the molecule is NC(=O)/C=C/c1cc(Br)c(Cl)c([N+](=O)[O-])c1O. The molecule has 1 aromatic carbocycles. The lowest BCUT2D eigenvalue weighted by Gasteiger charge is -2.04. The molecule has 0 radical (unpaired) electrons. The first-order valence-electron chi connectivity index (χ1n) is 4.17. The molecule has 17 heavy (non-hydrogen) atoms. The van der Waals surface area contributed by atoms with Crippen LogP contribution < -0.4 is 5.73 Å². The molecule has 0 spiro atoms. The monoisotopic (exact) mass is 320 g/mol. The number of benzene rings is 1. The standard InChI is InChI=1S/C9H6BrClN2O4/c10-5-3-4(1-2-6(12)14)9(15)8(7(5)11)13(16)17/h1-3,15H,(H2,12,14)/b2-1+. The van der Waals surface area contributed by atoms with Crippen LogP contribution in [0.15, 0.2) is 16.6 Å². The molecule has 3 N–H and O–H groups in total. The van der Waals surface area contributed by atoms with Gasteiger partial charge in [0.2, 0.25) is 11.7 Å². The van der Waals surface area contributed by atoms with Crippen LogP contribution in [0.5, 0.6) is 5.75 Å². The van der Waals surface area contributed by atoms with E-state index in [0.717, 1.165) is 12.2 Å². The molecule has 0 heterocycles. The highest BCUT2D eigenvalue weighted by atomic mass is 79.9. The molecule has 0 bridgehead atoms. The predicted molar refractivity (Wildman–Crippen MR) is 65.7 cm³/mol. The fraction of sp³-hybridized carbons (Fsp3) is 0. The summed E-state index contributed by atoms with van der Waals surface area (Å²) < 4.78 is 0.229. The molecule has 0 atom stereocenters. The number of carbonyl (C=O) groups excluding carboxylic acids is 1. The maximum absolute atomic E-state index is 10.7. The van der Waals surface area contributed by atoms with Gasteiger partial charge in [-0.15, -0.1) is 0 Å². The molecule has 0 aliphatic heterocycles. The summed E-state index contributed by atoms with van der Waals surface area (Å²) in [6.45, 7) is 0. The van der Waals surface area contributed by atoms with E-state index in [1.807, 2.05) is 0 Å². The Labute approximate surface area is 109 Å². The summed E-state index contributed by atoms with van der Waals surface area (Å²) in [6, 6.07) is 1.34. The van der Waals surface area contributed by atoms with Crippen LogP contribution in [0.2, 0.25) is 5.02 Å². The zero-order valence-electron chi connectivity index (χ0n) is 8.18. The van der Waals surface area contributed by atoms with E-state index in [0.29, 0.717) is 0 Å². The maximum Gasteiger partial charge on any atom is 0.330 e. The minimum Gasteiger partial charge on any atom is -0.502 e. The molecule has 0 aromatic heterocycles. The Hall–Kier alpha value is -1.60. The number of rotatable bonds is 3. The Morgan fingerprint density at radius 3 is 2.71 bits per heavy atom. The van der Waals surface area contributed by atoms with Crippen molar-refractivity contribution in [3.63, 3.8) is 0 Å². The summed E-state index contributed by atoms with van der Waals surface area (Å²) in [5.41, 5.74) is 4.30. The van der Waals surface area contributed by atoms with Crippen molar-refractivity contribution in [3.8, 4) is 5.75 Å². The first kappa shape index (κ1) is 13.5. The lowest BCUT2D eigenvalue weighted by Crippen LogP contribution is -2.05. The molecule has 0 saturated heterocycles. The Balaban J connectivity index is 3.44. The lowest BCUT2D eigenvalue weighted by molar-refractivity contribution is -0.385. The van der Waals surface area contributed by atoms with Gasteiger partial charge in [-0.25, -0.2) is 0 Å². The van der Waals surface area contributed by atoms with Crippen LogP contribution in [-0.2, 0) is 4.79 Å². The van der Waals surface area contributed by atoms with Gasteiger partial charge >= 0.3 is 5.69 Å². The molecule has 0 unspecified atom stereocenters. The molecular formula is C9H6BrClN2O4. The third kappa shape index (κ3) is 2.95. The van der Waals surface area contributed by atoms with E-state index in [2.05, 4.69) is 15.9 Å². The van der Waals surface area contributed by atoms with E-state index in [9.17, 15) is 20.0 Å². The van der Waals surface area contributed by atoms with Crippen molar-refractivity contribution in [2.45, 2.75) is 0 Å². The zero-order chi connectivity index (χ0) is 13.2. The first-order chi connectivity index (χ1) is 7.84. The highest BCUT2D eigenvalue weighted by molar-refractivity contribution is 9.10. The second-order valence-corrected chi connectivity index (χ2v) is 4.18. The van der Waals surface area contributed by atoms with E-state index in [1.165, 1.54) is 6.07 Å². The summed E-state index contributed by atoms with van der Waals surface area (Å²) in [5.74, 6) is -1.36. The summed E-state index contributed by atoms with van der Waals surface area (Å²) in [4.78, 5) is 20.4. The highest BCUT2D eigenvalue weighted by Crippen LogP contribution is 2.42. The number of nitrogens with zero attached hydrogens (tertiary/aromatic N) is 1. The van der Waals surface area contributed by atoms with Crippen LogP contribution in [0.3, 0.4) is 0 Å². The molecule has 8 heteroatoms. The first-order valence-corrected chi connectivity index (χ1v) is 5.34. The fourth-order valence-corrected chi connectivity index (χ4v) is 1.74. The quantitative estimate of drug-likeness (QED) is 0.505. The average molecular weight is 322 g/mol. The average Bonchev–Trinajstić information content (AvgIpc) is 2.21. The van der Waals surface area contributed by atoms with Crippen molar-refractivity contribution >= 4 is 45.2 Å². The number of amides is 1. The number of nitro benzene ring substituents is 1. The minimum atomic E-state index is -0.815. The molecular weight excluding hydrogens is 315 g/mol. The summed E-state index contributed by atoms with van der Waals surface area (Å²) in [6.07, 6.45) is 2.13. The molecule has 1 amide bonds. The van der Waals surface area contributed by atoms with Crippen LogP contribution >= 0.6 is 27.5 Å². The van der Waals surface area contributed by atoms with Gasteiger partial charge in [0, 0.05) is 16.1 Å². The van der Waals surface area contributed by atoms with Gasteiger partial charge in [-0.2, -0.15) is 0 Å². The van der Waals surface area contributed by atoms with Crippen molar-refractivity contribution < 1.29 is 14.8 Å². The number of hydrogen-bond acceptors (Lipinski definition) is 4. The van der Waals surface area contributed by atoms with Gasteiger partial charge in [0.1, 0.15) is 5.02 Å². The summed E-state index contributed by atoms with van der Waals surface area (Å²) in [7, 11) is 0. The van der Waals surface area contributed by atoms with Crippen molar-refractivity contribution in [3.05, 3.63) is 37.3 Å². The topological polar surface area (TPSA) is 106 Å². The second-order valence-electron chi connectivity index (χ2n) is 2.95. The number of phenols is 1. The van der Waals surface area contributed by atoms with Gasteiger partial charge in [-0.3, -0.25) is 14.9 Å². The molecule has 90 valence electrons. The van der Waals surface area contributed by atoms with Gasteiger partial charge in [-0.05, 0) is 28.1 Å². The number of carbonyl (C=O) groups is 1. The normalized spacial score (nSPS) is 10.7. The molecule has 1 aromatic rings. The van der Waals surface area contributed by atoms with Crippen molar-refractivity contribution in [2.24, 2.45) is 5.73 Å². The number of nitro groups is 1. The van der Waals surface area contributed by atoms with Gasteiger partial charge in [0.25, 0.3) is 0 Å². The van der Waals surface area contributed by atoms with Crippen molar-refractivity contribution in [1.82, 2.24) is 0 Å². The Morgan fingerprint density at radius 2 is 2.24 bits per heavy atom. The lowest BCUT2D eigenvalue weighted by atomic mass is 10.1. The molecule has 0 aliphatic rings. The number of primary amides is 1. The zero-order valence-corrected chi connectivity index (χ0v) is 10.5. The van der Waals surface area contributed by atoms with Gasteiger partial charge in [0.15, 0.2) is 0 Å².